The minimum absolute atomic E-state index is 0.0437. The second-order valence-corrected chi connectivity index (χ2v) is 3.22. The van der Waals surface area contributed by atoms with Crippen LogP contribution in [-0.4, -0.2) is 58.7 Å². The highest BCUT2D eigenvalue weighted by Gasteiger charge is 2.29. The van der Waals surface area contributed by atoms with Crippen LogP contribution in [0.4, 0.5) is 0 Å². The standard InChI is InChI=1S/C8H17NO3/c10-5-4-9-3-1-2-7(9)8(12)6-11/h7-8,10-12H,1-6H2/t7-,8-/m1/s1. The molecule has 0 radical (unpaired) electrons. The van der Waals surface area contributed by atoms with Crippen LogP contribution in [0.1, 0.15) is 12.8 Å². The van der Waals surface area contributed by atoms with Crippen LogP contribution in [-0.2, 0) is 0 Å². The summed E-state index contributed by atoms with van der Waals surface area (Å²) in [5, 5.41) is 26.8. The Morgan fingerprint density at radius 3 is 2.75 bits per heavy atom. The molecule has 0 saturated carbocycles. The van der Waals surface area contributed by atoms with Crippen molar-refractivity contribution in [3.05, 3.63) is 0 Å². The molecule has 3 N–H and O–H groups in total. The van der Waals surface area contributed by atoms with E-state index in [9.17, 15) is 5.11 Å². The summed E-state index contributed by atoms with van der Waals surface area (Å²) in [7, 11) is 0. The Morgan fingerprint density at radius 2 is 2.17 bits per heavy atom. The van der Waals surface area contributed by atoms with E-state index in [1.54, 1.807) is 0 Å². The summed E-state index contributed by atoms with van der Waals surface area (Å²) in [6.07, 6.45) is 1.31. The molecule has 1 heterocycles. The molecule has 0 aliphatic carbocycles. The highest BCUT2D eigenvalue weighted by atomic mass is 16.3. The van der Waals surface area contributed by atoms with Gasteiger partial charge in [-0.05, 0) is 19.4 Å². The third kappa shape index (κ3) is 2.17. The number of nitrogens with zero attached hydrogens (tertiary/aromatic N) is 1. The van der Waals surface area contributed by atoms with Crippen molar-refractivity contribution in [2.24, 2.45) is 0 Å². The van der Waals surface area contributed by atoms with Crippen LogP contribution < -0.4 is 0 Å². The molecule has 1 aliphatic rings. The van der Waals surface area contributed by atoms with Gasteiger partial charge in [-0.1, -0.05) is 0 Å². The van der Waals surface area contributed by atoms with Crippen molar-refractivity contribution in [1.29, 1.82) is 0 Å². The maximum atomic E-state index is 9.38. The molecule has 2 atom stereocenters. The molecule has 0 amide bonds. The normalized spacial score (nSPS) is 27.8. The van der Waals surface area contributed by atoms with Crippen molar-refractivity contribution in [1.82, 2.24) is 4.90 Å². The molecule has 1 saturated heterocycles. The first-order chi connectivity index (χ1) is 5.79. The fourth-order valence-electron chi connectivity index (χ4n) is 1.82. The van der Waals surface area contributed by atoms with Gasteiger partial charge in [0.25, 0.3) is 0 Å². The maximum absolute atomic E-state index is 9.38. The summed E-state index contributed by atoms with van der Waals surface area (Å²) in [4.78, 5) is 2.03. The number of hydrogen-bond acceptors (Lipinski definition) is 4. The third-order valence-electron chi connectivity index (χ3n) is 2.43. The lowest BCUT2D eigenvalue weighted by molar-refractivity contribution is 0.0228. The Kier molecular flexibility index (Phi) is 3.94. The van der Waals surface area contributed by atoms with Crippen molar-refractivity contribution >= 4 is 0 Å². The van der Waals surface area contributed by atoms with Gasteiger partial charge in [-0.3, -0.25) is 4.90 Å². The molecular formula is C8H17NO3. The van der Waals surface area contributed by atoms with Gasteiger partial charge < -0.3 is 15.3 Å². The quantitative estimate of drug-likeness (QED) is 0.502. The van der Waals surface area contributed by atoms with Gasteiger partial charge in [0.05, 0.1) is 19.3 Å². The Labute approximate surface area is 72.4 Å². The van der Waals surface area contributed by atoms with Crippen molar-refractivity contribution in [3.8, 4) is 0 Å². The van der Waals surface area contributed by atoms with Gasteiger partial charge in [-0.2, -0.15) is 0 Å². The highest BCUT2D eigenvalue weighted by molar-refractivity contribution is 4.84. The first-order valence-electron chi connectivity index (χ1n) is 4.43. The van der Waals surface area contributed by atoms with Gasteiger partial charge in [0.15, 0.2) is 0 Å². The first kappa shape index (κ1) is 9.92. The molecule has 1 fully saturated rings. The van der Waals surface area contributed by atoms with Crippen molar-refractivity contribution in [2.45, 2.75) is 25.0 Å². The van der Waals surface area contributed by atoms with E-state index in [0.29, 0.717) is 6.54 Å². The van der Waals surface area contributed by atoms with Crippen LogP contribution in [0, 0.1) is 0 Å². The van der Waals surface area contributed by atoms with E-state index in [1.165, 1.54) is 0 Å². The summed E-state index contributed by atoms with van der Waals surface area (Å²) in [6, 6.07) is 0.0437. The zero-order chi connectivity index (χ0) is 8.97. The lowest BCUT2D eigenvalue weighted by Gasteiger charge is -2.26. The molecule has 72 valence electrons. The fraction of sp³-hybridized carbons (Fsp3) is 1.00. The van der Waals surface area contributed by atoms with E-state index in [-0.39, 0.29) is 19.3 Å². The molecule has 0 aromatic heterocycles. The number of aliphatic hydroxyl groups excluding tert-OH is 3. The monoisotopic (exact) mass is 175 g/mol. The average Bonchev–Trinajstić information content (AvgIpc) is 2.52. The molecule has 0 aromatic rings. The van der Waals surface area contributed by atoms with Crippen LogP contribution in [0.3, 0.4) is 0 Å². The van der Waals surface area contributed by atoms with Crippen molar-refractivity contribution < 1.29 is 15.3 Å². The SMILES string of the molecule is OCCN1CCC[C@@H]1[C@H](O)CO. The molecule has 1 aliphatic heterocycles. The molecule has 0 bridgehead atoms. The second-order valence-electron chi connectivity index (χ2n) is 3.22. The van der Waals surface area contributed by atoms with E-state index < -0.39 is 6.10 Å². The number of rotatable bonds is 4. The molecule has 0 spiro atoms. The van der Waals surface area contributed by atoms with Crippen LogP contribution >= 0.6 is 0 Å². The number of aliphatic hydroxyl groups is 3. The summed E-state index contributed by atoms with van der Waals surface area (Å²) in [5.41, 5.74) is 0. The molecule has 4 heteroatoms. The Bertz CT molecular complexity index is 131. The zero-order valence-electron chi connectivity index (χ0n) is 7.19. The highest BCUT2D eigenvalue weighted by Crippen LogP contribution is 2.19. The van der Waals surface area contributed by atoms with E-state index in [1.807, 2.05) is 4.90 Å². The minimum Gasteiger partial charge on any atom is -0.395 e. The van der Waals surface area contributed by atoms with E-state index in [0.717, 1.165) is 19.4 Å². The lowest BCUT2D eigenvalue weighted by Crippen LogP contribution is -2.42. The first-order valence-corrected chi connectivity index (χ1v) is 4.43. The number of β-amino-alcohol motifs (C(OH)–C–C–N with tert-alkyl or cyclic N) is 1. The minimum atomic E-state index is -0.654. The van der Waals surface area contributed by atoms with Gasteiger partial charge >= 0.3 is 0 Å². The van der Waals surface area contributed by atoms with Gasteiger partial charge in [-0.15, -0.1) is 0 Å². The Morgan fingerprint density at radius 1 is 1.42 bits per heavy atom. The fourth-order valence-corrected chi connectivity index (χ4v) is 1.82. The van der Waals surface area contributed by atoms with Crippen molar-refractivity contribution in [2.75, 3.05) is 26.3 Å². The Balaban J connectivity index is 2.40. The summed E-state index contributed by atoms with van der Waals surface area (Å²) in [6.45, 7) is 1.45. The molecule has 4 nitrogen and oxygen atoms in total. The summed E-state index contributed by atoms with van der Waals surface area (Å²) in [5.74, 6) is 0. The van der Waals surface area contributed by atoms with Crippen LogP contribution in [0.25, 0.3) is 0 Å². The lowest BCUT2D eigenvalue weighted by atomic mass is 10.1. The molecule has 0 aromatic carbocycles. The number of hydrogen-bond donors (Lipinski definition) is 3. The number of likely N-dealkylation sites (tertiary alicyclic amines) is 1. The molecule has 0 unspecified atom stereocenters. The molecule has 12 heavy (non-hydrogen) atoms. The van der Waals surface area contributed by atoms with E-state index in [4.69, 9.17) is 10.2 Å². The van der Waals surface area contributed by atoms with Crippen LogP contribution in [0.5, 0.6) is 0 Å². The molecular weight excluding hydrogens is 158 g/mol. The van der Waals surface area contributed by atoms with Gasteiger partial charge in [-0.25, -0.2) is 0 Å². The Hall–Kier alpha value is -0.160. The van der Waals surface area contributed by atoms with Gasteiger partial charge in [0.1, 0.15) is 0 Å². The van der Waals surface area contributed by atoms with Crippen LogP contribution in [0.15, 0.2) is 0 Å². The predicted molar refractivity (Wildman–Crippen MR) is 44.8 cm³/mol. The predicted octanol–water partition coefficient (Wildman–Crippen LogP) is -1.20. The molecule has 1 rings (SSSR count). The van der Waals surface area contributed by atoms with E-state index in [2.05, 4.69) is 0 Å². The topological polar surface area (TPSA) is 63.9 Å². The van der Waals surface area contributed by atoms with Crippen molar-refractivity contribution in [3.63, 3.8) is 0 Å². The summed E-state index contributed by atoms with van der Waals surface area (Å²) >= 11 is 0. The largest absolute Gasteiger partial charge is 0.395 e. The van der Waals surface area contributed by atoms with E-state index >= 15 is 0 Å². The van der Waals surface area contributed by atoms with Gasteiger partial charge in [0.2, 0.25) is 0 Å². The smallest absolute Gasteiger partial charge is 0.0925 e. The maximum Gasteiger partial charge on any atom is 0.0925 e. The summed E-state index contributed by atoms with van der Waals surface area (Å²) < 4.78 is 0. The van der Waals surface area contributed by atoms with Gasteiger partial charge in [0, 0.05) is 12.6 Å². The average molecular weight is 175 g/mol. The second kappa shape index (κ2) is 4.77. The third-order valence-corrected chi connectivity index (χ3v) is 2.43. The zero-order valence-corrected chi connectivity index (χ0v) is 7.19. The van der Waals surface area contributed by atoms with Crippen LogP contribution in [0.2, 0.25) is 0 Å².